The fraction of sp³-hybridized carbons (Fsp3) is 0.250. The van der Waals surface area contributed by atoms with Crippen molar-refractivity contribution < 1.29 is 0 Å². The Bertz CT molecular complexity index is 1490. The minimum absolute atomic E-state index is 0.162. The number of hydrogen-bond acceptors (Lipinski definition) is 4. The minimum Gasteiger partial charge on any atom is -0.321 e. The summed E-state index contributed by atoms with van der Waals surface area (Å²) in [6.45, 7) is 0. The molecule has 0 saturated heterocycles. The second-order valence-corrected chi connectivity index (χ2v) is 9.62. The molecular weight excluding hydrogens is 406 g/mol. The number of rotatable bonds is 4. The SMILES string of the molecule is NC1(c2ccc(-c3nc4c(ccn5c(C6CC6)nnc45)cc3-c3ccccc3)cc2)CCC1. The van der Waals surface area contributed by atoms with Crippen molar-refractivity contribution in [1.82, 2.24) is 19.6 Å². The van der Waals surface area contributed by atoms with E-state index in [0.717, 1.165) is 57.6 Å². The molecule has 0 radical (unpaired) electrons. The highest BCUT2D eigenvalue weighted by molar-refractivity contribution is 5.97. The molecule has 3 heterocycles. The topological polar surface area (TPSA) is 69.1 Å². The van der Waals surface area contributed by atoms with Crippen LogP contribution in [0.25, 0.3) is 38.9 Å². The first kappa shape index (κ1) is 18.9. The van der Waals surface area contributed by atoms with Crippen molar-refractivity contribution in [2.75, 3.05) is 0 Å². The minimum atomic E-state index is -0.162. The van der Waals surface area contributed by atoms with E-state index in [2.05, 4.69) is 81.5 Å². The standard InChI is InChI=1S/C28H25N5/c29-28(14-4-15-28)22-11-9-19(10-12-22)24-23(18-5-2-1-3-6-18)17-21-13-16-33-26(20-7-8-20)31-32-27(33)25(21)30-24/h1-3,5-6,9-13,16-17,20H,4,7-8,14-15,29H2. The number of nitrogens with zero attached hydrogens (tertiary/aromatic N) is 4. The van der Waals surface area contributed by atoms with E-state index in [9.17, 15) is 0 Å². The Morgan fingerprint density at radius 3 is 2.36 bits per heavy atom. The van der Waals surface area contributed by atoms with Gasteiger partial charge in [-0.25, -0.2) is 4.98 Å². The Morgan fingerprint density at radius 2 is 1.67 bits per heavy atom. The molecule has 2 aliphatic rings. The zero-order chi connectivity index (χ0) is 22.0. The largest absolute Gasteiger partial charge is 0.321 e. The third-order valence-corrected chi connectivity index (χ3v) is 7.40. The average molecular weight is 432 g/mol. The van der Waals surface area contributed by atoms with Gasteiger partial charge in [0.05, 0.1) is 5.69 Å². The molecule has 0 aliphatic heterocycles. The van der Waals surface area contributed by atoms with E-state index in [1.54, 1.807) is 0 Å². The van der Waals surface area contributed by atoms with Gasteiger partial charge in [0.15, 0.2) is 5.65 Å². The van der Waals surface area contributed by atoms with Gasteiger partial charge in [-0.1, -0.05) is 54.6 Å². The average Bonchev–Trinajstić information content (AvgIpc) is 3.60. The maximum Gasteiger partial charge on any atom is 0.187 e. The van der Waals surface area contributed by atoms with E-state index in [4.69, 9.17) is 10.7 Å². The van der Waals surface area contributed by atoms with Gasteiger partial charge in [-0.2, -0.15) is 0 Å². The molecule has 2 aromatic carbocycles. The van der Waals surface area contributed by atoms with Crippen LogP contribution in [0.1, 0.15) is 49.4 Å². The molecular formula is C28H25N5. The van der Waals surface area contributed by atoms with Gasteiger partial charge < -0.3 is 5.73 Å². The van der Waals surface area contributed by atoms with Crippen molar-refractivity contribution in [3.8, 4) is 22.4 Å². The summed E-state index contributed by atoms with van der Waals surface area (Å²) in [5.74, 6) is 1.59. The van der Waals surface area contributed by atoms with Crippen LogP contribution in [0.5, 0.6) is 0 Å². The molecule has 0 amide bonds. The quantitative estimate of drug-likeness (QED) is 0.389. The van der Waals surface area contributed by atoms with Crippen LogP contribution in [0.15, 0.2) is 72.9 Å². The first-order valence-corrected chi connectivity index (χ1v) is 11.8. The highest BCUT2D eigenvalue weighted by Gasteiger charge is 2.34. The highest BCUT2D eigenvalue weighted by atomic mass is 15.3. The lowest BCUT2D eigenvalue weighted by Crippen LogP contribution is -2.43. The predicted molar refractivity (Wildman–Crippen MR) is 131 cm³/mol. The van der Waals surface area contributed by atoms with E-state index in [1.807, 2.05) is 6.07 Å². The molecule has 2 fully saturated rings. The van der Waals surface area contributed by atoms with Crippen molar-refractivity contribution in [2.45, 2.75) is 43.6 Å². The number of nitrogens with two attached hydrogens (primary N) is 1. The molecule has 7 rings (SSSR count). The number of benzene rings is 2. The van der Waals surface area contributed by atoms with Gasteiger partial charge in [0, 0.05) is 34.2 Å². The molecule has 5 nitrogen and oxygen atoms in total. The van der Waals surface area contributed by atoms with Crippen LogP contribution in [0.2, 0.25) is 0 Å². The molecule has 5 aromatic rings. The van der Waals surface area contributed by atoms with Crippen molar-refractivity contribution in [2.24, 2.45) is 5.73 Å². The monoisotopic (exact) mass is 431 g/mol. The van der Waals surface area contributed by atoms with Crippen molar-refractivity contribution in [3.63, 3.8) is 0 Å². The molecule has 3 aromatic heterocycles. The summed E-state index contributed by atoms with van der Waals surface area (Å²) >= 11 is 0. The lowest BCUT2D eigenvalue weighted by atomic mass is 9.72. The van der Waals surface area contributed by atoms with Gasteiger partial charge in [0.2, 0.25) is 0 Å². The zero-order valence-electron chi connectivity index (χ0n) is 18.4. The van der Waals surface area contributed by atoms with Crippen molar-refractivity contribution in [1.29, 1.82) is 0 Å². The third kappa shape index (κ3) is 3.00. The van der Waals surface area contributed by atoms with E-state index < -0.39 is 0 Å². The Kier molecular flexibility index (Phi) is 4.00. The van der Waals surface area contributed by atoms with E-state index in [1.165, 1.54) is 24.8 Å². The second kappa shape index (κ2) is 6.96. The zero-order valence-corrected chi connectivity index (χ0v) is 18.4. The molecule has 0 unspecified atom stereocenters. The van der Waals surface area contributed by atoms with Crippen LogP contribution >= 0.6 is 0 Å². The highest BCUT2D eigenvalue weighted by Crippen LogP contribution is 2.41. The normalized spacial score (nSPS) is 17.4. The predicted octanol–water partition coefficient (Wildman–Crippen LogP) is 5.83. The van der Waals surface area contributed by atoms with Crippen LogP contribution in [-0.2, 0) is 5.54 Å². The molecule has 0 spiro atoms. The van der Waals surface area contributed by atoms with E-state index in [0.29, 0.717) is 5.92 Å². The van der Waals surface area contributed by atoms with Gasteiger partial charge in [0.25, 0.3) is 0 Å². The second-order valence-electron chi connectivity index (χ2n) is 9.62. The fourth-order valence-corrected chi connectivity index (χ4v) is 5.09. The molecule has 162 valence electrons. The maximum atomic E-state index is 6.57. The van der Waals surface area contributed by atoms with E-state index in [-0.39, 0.29) is 5.54 Å². The lowest BCUT2D eigenvalue weighted by Gasteiger charge is -2.38. The number of fused-ring (bicyclic) bond motifs is 3. The first-order chi connectivity index (χ1) is 16.2. The summed E-state index contributed by atoms with van der Waals surface area (Å²) in [4.78, 5) is 5.21. The smallest absolute Gasteiger partial charge is 0.187 e. The van der Waals surface area contributed by atoms with Crippen LogP contribution in [0, 0.1) is 0 Å². The van der Waals surface area contributed by atoms with Crippen molar-refractivity contribution >= 4 is 16.6 Å². The first-order valence-electron chi connectivity index (χ1n) is 11.8. The summed E-state index contributed by atoms with van der Waals surface area (Å²) in [6, 6.07) is 23.6. The van der Waals surface area contributed by atoms with Crippen molar-refractivity contribution in [3.05, 3.63) is 84.3 Å². The Labute approximate surface area is 192 Å². The third-order valence-electron chi connectivity index (χ3n) is 7.40. The van der Waals surface area contributed by atoms with Gasteiger partial charge in [-0.05, 0) is 55.4 Å². The molecule has 2 N–H and O–H groups in total. The molecule has 2 aliphatic carbocycles. The molecule has 2 saturated carbocycles. The maximum absolute atomic E-state index is 6.57. The number of aromatic nitrogens is 4. The molecule has 0 atom stereocenters. The Morgan fingerprint density at radius 1 is 0.879 bits per heavy atom. The number of pyridine rings is 2. The summed E-state index contributed by atoms with van der Waals surface area (Å²) < 4.78 is 2.12. The number of hydrogen-bond donors (Lipinski definition) is 1. The van der Waals surface area contributed by atoms with Gasteiger partial charge >= 0.3 is 0 Å². The van der Waals surface area contributed by atoms with Crippen LogP contribution in [0.4, 0.5) is 0 Å². The fourth-order valence-electron chi connectivity index (χ4n) is 5.09. The van der Waals surface area contributed by atoms with E-state index >= 15 is 0 Å². The summed E-state index contributed by atoms with van der Waals surface area (Å²) in [5.41, 5.74) is 13.7. The summed E-state index contributed by atoms with van der Waals surface area (Å²) in [7, 11) is 0. The van der Waals surface area contributed by atoms with Crippen LogP contribution in [-0.4, -0.2) is 19.6 Å². The van der Waals surface area contributed by atoms with Gasteiger partial charge in [-0.15, -0.1) is 10.2 Å². The lowest BCUT2D eigenvalue weighted by molar-refractivity contribution is 0.253. The molecule has 0 bridgehead atoms. The van der Waals surface area contributed by atoms with Gasteiger partial charge in [0.1, 0.15) is 11.3 Å². The summed E-state index contributed by atoms with van der Waals surface area (Å²) in [5, 5.41) is 10.1. The Hall–Kier alpha value is -3.57. The van der Waals surface area contributed by atoms with Crippen LogP contribution in [0.3, 0.4) is 0 Å². The molecule has 33 heavy (non-hydrogen) atoms. The molecule has 5 heteroatoms. The summed E-state index contributed by atoms with van der Waals surface area (Å²) in [6.07, 6.45) is 7.81. The Balaban J connectivity index is 1.44. The van der Waals surface area contributed by atoms with Crippen LogP contribution < -0.4 is 5.73 Å². The van der Waals surface area contributed by atoms with Gasteiger partial charge in [-0.3, -0.25) is 4.40 Å².